The Bertz CT molecular complexity index is 2920. The molecule has 4 aromatic carbocycles. The Hall–Kier alpha value is -6.65. The van der Waals surface area contributed by atoms with Gasteiger partial charge < -0.3 is 74.4 Å². The maximum absolute atomic E-state index is 13.4. The van der Waals surface area contributed by atoms with Crippen LogP contribution >= 0.6 is 12.2 Å². The lowest BCUT2D eigenvalue weighted by Gasteiger charge is -2.36. The van der Waals surface area contributed by atoms with E-state index >= 15 is 0 Å². The fourth-order valence-corrected chi connectivity index (χ4v) is 9.52. The predicted octanol–water partition coefficient (Wildman–Crippen LogP) is 7.50. The van der Waals surface area contributed by atoms with E-state index in [0.29, 0.717) is 143 Å². The molecule has 0 aliphatic carbocycles. The van der Waals surface area contributed by atoms with E-state index in [4.69, 9.17) is 60.8 Å². The van der Waals surface area contributed by atoms with Crippen LogP contribution in [-0.2, 0) is 56.5 Å². The highest BCUT2D eigenvalue weighted by Crippen LogP contribution is 2.57. The van der Waals surface area contributed by atoms with Crippen LogP contribution in [0, 0.1) is 5.41 Å². The molecule has 6 aromatic rings. The molecule has 19 nitrogen and oxygen atoms in total. The molecule has 0 unspecified atom stereocenters. The van der Waals surface area contributed by atoms with E-state index in [9.17, 15) is 19.8 Å². The average Bonchev–Trinajstić information content (AvgIpc) is 4.01. The van der Waals surface area contributed by atoms with Crippen LogP contribution in [0.1, 0.15) is 79.3 Å². The second-order valence-electron chi connectivity index (χ2n) is 19.3. The Morgan fingerprint density at radius 1 is 0.750 bits per heavy atom. The first-order valence-electron chi connectivity index (χ1n) is 25.9. The first-order valence-corrected chi connectivity index (χ1v) is 26.3. The van der Waals surface area contributed by atoms with Crippen molar-refractivity contribution in [2.75, 3.05) is 103 Å². The molecule has 2 aromatic heterocycles. The lowest BCUT2D eigenvalue weighted by molar-refractivity contribution is -0.122. The SMILES string of the molecule is CCCCc1nc2c(N)nc3ccccc3c2n1CC(C)(C)CCNC(=O)CCOCCOCCOCCOCCOCCOCCNC(=S)Nc1ccc2c(c1)C(=O)OC21c2ccc(O)cc2Oc2cc(O)ccc21. The molecule has 2 aliphatic heterocycles. The number of esters is 1. The van der Waals surface area contributed by atoms with Gasteiger partial charge in [-0.05, 0) is 72.9 Å². The zero-order chi connectivity index (χ0) is 53.5. The van der Waals surface area contributed by atoms with Gasteiger partial charge in [0.25, 0.3) is 0 Å². The van der Waals surface area contributed by atoms with Crippen molar-refractivity contribution in [1.82, 2.24) is 25.2 Å². The molecule has 7 N–H and O–H groups in total. The topological polar surface area (TPSA) is 241 Å². The third-order valence-electron chi connectivity index (χ3n) is 13.1. The number of benzene rings is 4. The van der Waals surface area contributed by atoms with Crippen LogP contribution in [0.5, 0.6) is 23.0 Å². The number of aromatic nitrogens is 3. The smallest absolute Gasteiger partial charge is 0.340 e. The second kappa shape index (κ2) is 26.4. The van der Waals surface area contributed by atoms with Gasteiger partial charge in [0, 0.05) is 72.4 Å². The van der Waals surface area contributed by atoms with Crippen molar-refractivity contribution in [3.8, 4) is 23.0 Å². The molecule has 20 heteroatoms. The number of hydrogen-bond donors (Lipinski definition) is 6. The van der Waals surface area contributed by atoms with Crippen molar-refractivity contribution >= 4 is 62.6 Å². The summed E-state index contributed by atoms with van der Waals surface area (Å²) in [6.07, 6.45) is 4.03. The summed E-state index contributed by atoms with van der Waals surface area (Å²) in [6.45, 7) is 13.2. The number of anilines is 2. The van der Waals surface area contributed by atoms with E-state index in [0.717, 1.165) is 60.0 Å². The molecule has 1 spiro atoms. The summed E-state index contributed by atoms with van der Waals surface area (Å²) in [5, 5.41) is 31.0. The summed E-state index contributed by atoms with van der Waals surface area (Å²) in [5.74, 6) is 1.47. The van der Waals surface area contributed by atoms with E-state index in [2.05, 4.69) is 52.3 Å². The molecular weight excluding hydrogens is 995 g/mol. The van der Waals surface area contributed by atoms with Crippen molar-refractivity contribution in [2.45, 2.75) is 65.0 Å². The number of rotatable bonds is 30. The second-order valence-corrected chi connectivity index (χ2v) is 19.7. The lowest BCUT2D eigenvalue weighted by Crippen LogP contribution is -2.33. The van der Waals surface area contributed by atoms with Gasteiger partial charge in [-0.3, -0.25) is 4.79 Å². The number of nitrogens with zero attached hydrogens (tertiary/aromatic N) is 3. The van der Waals surface area contributed by atoms with E-state index in [1.165, 1.54) is 24.3 Å². The zero-order valence-electron chi connectivity index (χ0n) is 43.5. The molecule has 0 atom stereocenters. The molecule has 4 heterocycles. The number of hydrogen-bond acceptors (Lipinski definition) is 16. The summed E-state index contributed by atoms with van der Waals surface area (Å²) in [6, 6.07) is 22.6. The molecule has 76 heavy (non-hydrogen) atoms. The first-order chi connectivity index (χ1) is 36.9. The maximum Gasteiger partial charge on any atom is 0.340 e. The molecule has 0 saturated carbocycles. The number of fused-ring (bicyclic) bond motifs is 9. The highest BCUT2D eigenvalue weighted by atomic mass is 32.1. The zero-order valence-corrected chi connectivity index (χ0v) is 44.3. The first kappa shape index (κ1) is 55.6. The van der Waals surface area contributed by atoms with Crippen molar-refractivity contribution in [1.29, 1.82) is 0 Å². The summed E-state index contributed by atoms with van der Waals surface area (Å²) >= 11 is 5.49. The normalized spacial score (nSPS) is 13.3. The monoisotopic (exact) mass is 1060 g/mol. The molecule has 0 bridgehead atoms. The van der Waals surface area contributed by atoms with Gasteiger partial charge in [-0.15, -0.1) is 0 Å². The van der Waals surface area contributed by atoms with Gasteiger partial charge >= 0.3 is 5.97 Å². The number of unbranched alkanes of at least 4 members (excludes halogenated alkanes) is 1. The Morgan fingerprint density at radius 2 is 1.34 bits per heavy atom. The molecule has 406 valence electrons. The Labute approximate surface area is 447 Å². The van der Waals surface area contributed by atoms with Gasteiger partial charge in [-0.25, -0.2) is 14.8 Å². The van der Waals surface area contributed by atoms with Crippen LogP contribution in [0.3, 0.4) is 0 Å². The van der Waals surface area contributed by atoms with Gasteiger partial charge in [0.2, 0.25) is 5.91 Å². The summed E-state index contributed by atoms with van der Waals surface area (Å²) < 4.78 is 48.1. The summed E-state index contributed by atoms with van der Waals surface area (Å²) in [7, 11) is 0. The Kier molecular flexibility index (Phi) is 19.3. The Balaban J connectivity index is 0.600. The largest absolute Gasteiger partial charge is 0.508 e. The number of nitrogens with one attached hydrogen (secondary N) is 3. The number of ether oxygens (including phenoxy) is 8. The number of phenols is 2. The van der Waals surface area contributed by atoms with E-state index < -0.39 is 11.6 Å². The Morgan fingerprint density at radius 3 is 1.97 bits per heavy atom. The van der Waals surface area contributed by atoms with E-state index in [1.54, 1.807) is 30.3 Å². The quantitative estimate of drug-likeness (QED) is 0.0145. The lowest BCUT2D eigenvalue weighted by atomic mass is 9.77. The van der Waals surface area contributed by atoms with E-state index in [-0.39, 0.29) is 29.2 Å². The minimum atomic E-state index is -1.34. The number of aromatic hydroxyl groups is 2. The van der Waals surface area contributed by atoms with Crippen LogP contribution in [0.25, 0.3) is 21.9 Å². The number of nitrogen functional groups attached to an aromatic ring is 1. The standard InChI is InChI=1S/C56H69N7O12S/c1-4-5-10-48-62-50-51(40-8-6-7-9-45(40)61-52(50)57)63(48)36-55(2,3)18-19-58-49(66)17-21-68-23-25-70-27-29-72-31-32-73-30-28-71-26-24-69-22-20-59-54(76)60-37-11-14-42-41(33-37)53(67)75-56(42)43-15-12-38(64)34-46(43)74-47-35-39(65)13-16-44(47)56/h6-9,11-16,33-35,64-65H,4-5,10,17-32,36H2,1-3H3,(H2,57,61)(H,58,66)(H2,59,60,76). The van der Waals surface area contributed by atoms with Crippen LogP contribution in [0.15, 0.2) is 78.9 Å². The predicted molar refractivity (Wildman–Crippen MR) is 291 cm³/mol. The number of thiocarbonyl (C=S) groups is 1. The number of para-hydroxylation sites is 1. The summed E-state index contributed by atoms with van der Waals surface area (Å²) in [5.41, 5.74) is 10.2. The van der Waals surface area contributed by atoms with Crippen molar-refractivity contribution < 1.29 is 57.7 Å². The molecule has 0 saturated heterocycles. The van der Waals surface area contributed by atoms with Crippen LogP contribution in [-0.4, -0.2) is 134 Å². The van der Waals surface area contributed by atoms with Gasteiger partial charge in [0.1, 0.15) is 34.3 Å². The van der Waals surface area contributed by atoms with Crippen molar-refractivity contribution in [2.24, 2.45) is 5.41 Å². The molecule has 0 radical (unpaired) electrons. The van der Waals surface area contributed by atoms with Gasteiger partial charge in [0.05, 0.1) is 95.9 Å². The number of nitrogens with two attached hydrogens (primary N) is 1. The fraction of sp³-hybridized carbons (Fsp3) is 0.446. The number of carbonyl (C=O) groups is 2. The number of phenolic OH excluding ortho intramolecular Hbond substituents is 2. The highest BCUT2D eigenvalue weighted by Gasteiger charge is 2.53. The fourth-order valence-electron chi connectivity index (χ4n) is 9.30. The molecular formula is C56H69N7O12S. The minimum Gasteiger partial charge on any atom is -0.508 e. The number of amides is 1. The van der Waals surface area contributed by atoms with Crippen molar-refractivity contribution in [3.63, 3.8) is 0 Å². The number of imidazole rings is 1. The molecule has 0 fully saturated rings. The third kappa shape index (κ3) is 13.8. The average molecular weight is 1060 g/mol. The summed E-state index contributed by atoms with van der Waals surface area (Å²) in [4.78, 5) is 35.6. The molecule has 8 rings (SSSR count). The number of pyridine rings is 1. The maximum atomic E-state index is 13.4. The van der Waals surface area contributed by atoms with Crippen LogP contribution in [0.4, 0.5) is 11.5 Å². The van der Waals surface area contributed by atoms with Crippen LogP contribution < -0.4 is 26.4 Å². The number of aryl methyl sites for hydroxylation is 1. The highest BCUT2D eigenvalue weighted by molar-refractivity contribution is 7.80. The van der Waals surface area contributed by atoms with Gasteiger partial charge in [-0.2, -0.15) is 0 Å². The molecule has 2 aliphatic rings. The van der Waals surface area contributed by atoms with E-state index in [1.807, 2.05) is 18.2 Å². The minimum absolute atomic E-state index is 0.0153. The van der Waals surface area contributed by atoms with Crippen LogP contribution in [0.2, 0.25) is 0 Å². The van der Waals surface area contributed by atoms with Gasteiger partial charge in [-0.1, -0.05) is 51.5 Å². The third-order valence-corrected chi connectivity index (χ3v) is 13.3. The molecule has 1 amide bonds. The number of carbonyl (C=O) groups excluding carboxylic acids is 2. The van der Waals surface area contributed by atoms with Crippen molar-refractivity contribution in [3.05, 3.63) is 107 Å². The van der Waals surface area contributed by atoms with Gasteiger partial charge in [0.15, 0.2) is 16.5 Å².